The van der Waals surface area contributed by atoms with E-state index in [9.17, 15) is 5.11 Å². The lowest BCUT2D eigenvalue weighted by Gasteiger charge is -2.56. The number of aliphatic hydroxyl groups is 1. The van der Waals surface area contributed by atoms with Crippen LogP contribution in [0.2, 0.25) is 0 Å². The van der Waals surface area contributed by atoms with Gasteiger partial charge >= 0.3 is 0 Å². The Kier molecular flexibility index (Phi) is 4.43. The molecular weight excluding hydrogens is 306 g/mol. The molecule has 3 fully saturated rings. The summed E-state index contributed by atoms with van der Waals surface area (Å²) in [6.07, 6.45) is 3.74. The molecule has 2 aromatic carbocycles. The van der Waals surface area contributed by atoms with E-state index >= 15 is 0 Å². The first kappa shape index (κ1) is 16.8. The molecule has 5 rings (SSSR count). The number of rotatable bonds is 5. The molecule has 0 amide bonds. The van der Waals surface area contributed by atoms with Crippen molar-refractivity contribution in [2.45, 2.75) is 31.8 Å². The molecule has 2 heteroatoms. The van der Waals surface area contributed by atoms with E-state index in [2.05, 4.69) is 55.5 Å². The SMILES string of the molecule is CCC[N+]12CCC(CC1)C(C(O)(c1ccccc1)c1ccccc1)C2. The summed E-state index contributed by atoms with van der Waals surface area (Å²) in [5.74, 6) is 0.925. The zero-order valence-corrected chi connectivity index (χ0v) is 15.3. The standard InChI is InChI=1S/C23H30NO/c1-2-15-24-16-13-19(14-17-24)22(18-24)23(25,20-9-5-3-6-10-20)21-11-7-4-8-12-21/h3-12,19,22,25H,2,13-18H2,1H3/q+1. The van der Waals surface area contributed by atoms with E-state index in [1.807, 2.05) is 12.1 Å². The molecule has 0 radical (unpaired) electrons. The molecule has 0 aliphatic carbocycles. The van der Waals surface area contributed by atoms with Crippen LogP contribution in [0.5, 0.6) is 0 Å². The molecule has 2 bridgehead atoms. The van der Waals surface area contributed by atoms with E-state index in [1.165, 1.54) is 43.4 Å². The number of nitrogens with zero attached hydrogens (tertiary/aromatic N) is 1. The van der Waals surface area contributed by atoms with E-state index in [1.54, 1.807) is 0 Å². The molecule has 3 heterocycles. The fourth-order valence-corrected chi connectivity index (χ4v) is 5.53. The maximum atomic E-state index is 12.2. The molecule has 3 aliphatic rings. The van der Waals surface area contributed by atoms with Crippen LogP contribution < -0.4 is 0 Å². The van der Waals surface area contributed by atoms with Gasteiger partial charge in [0, 0.05) is 18.8 Å². The highest BCUT2D eigenvalue weighted by atomic mass is 16.3. The fourth-order valence-electron chi connectivity index (χ4n) is 5.53. The maximum Gasteiger partial charge on any atom is 0.123 e. The summed E-state index contributed by atoms with van der Waals surface area (Å²) in [5, 5.41) is 12.2. The van der Waals surface area contributed by atoms with Crippen LogP contribution >= 0.6 is 0 Å². The third kappa shape index (κ3) is 2.82. The van der Waals surface area contributed by atoms with E-state index in [4.69, 9.17) is 0 Å². The third-order valence-corrected chi connectivity index (χ3v) is 6.76. The van der Waals surface area contributed by atoms with Crippen molar-refractivity contribution in [3.8, 4) is 0 Å². The molecule has 1 atom stereocenters. The zero-order valence-electron chi connectivity index (χ0n) is 15.3. The average Bonchev–Trinajstić information content (AvgIpc) is 2.69. The van der Waals surface area contributed by atoms with Gasteiger partial charge in [-0.1, -0.05) is 67.6 Å². The van der Waals surface area contributed by atoms with Crippen LogP contribution in [0.3, 0.4) is 0 Å². The molecule has 0 aromatic heterocycles. The second-order valence-electron chi connectivity index (χ2n) is 8.14. The van der Waals surface area contributed by atoms with Crippen molar-refractivity contribution in [2.75, 3.05) is 26.2 Å². The predicted molar refractivity (Wildman–Crippen MR) is 102 cm³/mol. The molecule has 3 saturated heterocycles. The first-order chi connectivity index (χ1) is 12.2. The van der Waals surface area contributed by atoms with E-state index in [0.29, 0.717) is 11.8 Å². The van der Waals surface area contributed by atoms with Crippen molar-refractivity contribution in [1.82, 2.24) is 0 Å². The number of benzene rings is 2. The van der Waals surface area contributed by atoms with Crippen LogP contribution in [0, 0.1) is 11.8 Å². The van der Waals surface area contributed by atoms with Gasteiger partial charge in [-0.2, -0.15) is 0 Å². The van der Waals surface area contributed by atoms with Crippen LogP contribution in [-0.4, -0.2) is 35.8 Å². The normalized spacial score (nSPS) is 28.9. The van der Waals surface area contributed by atoms with Gasteiger partial charge in [0.1, 0.15) is 5.60 Å². The maximum absolute atomic E-state index is 12.2. The van der Waals surface area contributed by atoms with Gasteiger partial charge in [0.15, 0.2) is 0 Å². The lowest BCUT2D eigenvalue weighted by Crippen LogP contribution is -2.65. The largest absolute Gasteiger partial charge is 0.380 e. The molecular formula is C23H30NO+. The van der Waals surface area contributed by atoms with E-state index in [0.717, 1.165) is 17.7 Å². The number of fused-ring (bicyclic) bond motifs is 3. The van der Waals surface area contributed by atoms with E-state index in [-0.39, 0.29) is 0 Å². The van der Waals surface area contributed by atoms with Crippen molar-refractivity contribution >= 4 is 0 Å². The minimum Gasteiger partial charge on any atom is -0.380 e. The summed E-state index contributed by atoms with van der Waals surface area (Å²) < 4.78 is 1.21. The molecule has 0 saturated carbocycles. The Morgan fingerprint density at radius 3 is 1.92 bits per heavy atom. The molecule has 3 aliphatic heterocycles. The number of piperidine rings is 3. The van der Waals surface area contributed by atoms with Crippen LogP contribution in [0.25, 0.3) is 0 Å². The van der Waals surface area contributed by atoms with Gasteiger partial charge in [0.2, 0.25) is 0 Å². The van der Waals surface area contributed by atoms with E-state index < -0.39 is 5.60 Å². The van der Waals surface area contributed by atoms with Crippen LogP contribution in [-0.2, 0) is 5.60 Å². The molecule has 25 heavy (non-hydrogen) atoms. The lowest BCUT2D eigenvalue weighted by molar-refractivity contribution is -0.948. The predicted octanol–water partition coefficient (Wildman–Crippen LogP) is 4.19. The summed E-state index contributed by atoms with van der Waals surface area (Å²) in [7, 11) is 0. The molecule has 1 unspecified atom stereocenters. The molecule has 0 spiro atoms. The quantitative estimate of drug-likeness (QED) is 0.812. The second kappa shape index (κ2) is 6.59. The van der Waals surface area contributed by atoms with Gasteiger partial charge < -0.3 is 9.59 Å². The highest BCUT2D eigenvalue weighted by Gasteiger charge is 2.54. The number of hydrogen-bond donors (Lipinski definition) is 1. The summed E-state index contributed by atoms with van der Waals surface area (Å²) in [5.41, 5.74) is 1.22. The number of quaternary nitrogens is 1. The Morgan fingerprint density at radius 1 is 0.920 bits per heavy atom. The first-order valence-electron chi connectivity index (χ1n) is 9.86. The van der Waals surface area contributed by atoms with Crippen molar-refractivity contribution in [2.24, 2.45) is 11.8 Å². The Bertz CT molecular complexity index is 644. The van der Waals surface area contributed by atoms with Gasteiger partial charge in [0.25, 0.3) is 0 Å². The Hall–Kier alpha value is -1.64. The highest BCUT2D eigenvalue weighted by Crippen LogP contribution is 2.49. The lowest BCUT2D eigenvalue weighted by atomic mass is 9.64. The minimum absolute atomic E-state index is 0.298. The molecule has 1 N–H and O–H groups in total. The minimum atomic E-state index is -0.884. The average molecular weight is 336 g/mol. The third-order valence-electron chi connectivity index (χ3n) is 6.76. The number of hydrogen-bond acceptors (Lipinski definition) is 1. The van der Waals surface area contributed by atoms with Gasteiger partial charge in [-0.3, -0.25) is 0 Å². The summed E-state index contributed by atoms with van der Waals surface area (Å²) in [6, 6.07) is 20.7. The van der Waals surface area contributed by atoms with Gasteiger partial charge in [0.05, 0.1) is 26.2 Å². The highest BCUT2D eigenvalue weighted by molar-refractivity contribution is 5.37. The van der Waals surface area contributed by atoms with Crippen LogP contribution in [0.4, 0.5) is 0 Å². The summed E-state index contributed by atoms with van der Waals surface area (Å²) in [4.78, 5) is 0. The van der Waals surface area contributed by atoms with Crippen molar-refractivity contribution in [1.29, 1.82) is 0 Å². The monoisotopic (exact) mass is 336 g/mol. The molecule has 132 valence electrons. The second-order valence-corrected chi connectivity index (χ2v) is 8.14. The topological polar surface area (TPSA) is 20.2 Å². The Balaban J connectivity index is 1.79. The van der Waals surface area contributed by atoms with Crippen molar-refractivity contribution in [3.63, 3.8) is 0 Å². The van der Waals surface area contributed by atoms with Gasteiger partial charge in [-0.05, 0) is 23.5 Å². The summed E-state index contributed by atoms with van der Waals surface area (Å²) >= 11 is 0. The van der Waals surface area contributed by atoms with Gasteiger partial charge in [-0.15, -0.1) is 0 Å². The van der Waals surface area contributed by atoms with Crippen LogP contribution in [0.1, 0.15) is 37.3 Å². The van der Waals surface area contributed by atoms with Crippen LogP contribution in [0.15, 0.2) is 60.7 Å². The van der Waals surface area contributed by atoms with Crippen molar-refractivity contribution in [3.05, 3.63) is 71.8 Å². The Morgan fingerprint density at radius 2 is 1.44 bits per heavy atom. The zero-order chi connectivity index (χ0) is 17.3. The molecule has 2 aromatic rings. The van der Waals surface area contributed by atoms with Gasteiger partial charge in [-0.25, -0.2) is 0 Å². The first-order valence-corrected chi connectivity index (χ1v) is 9.86. The smallest absolute Gasteiger partial charge is 0.123 e. The fraction of sp³-hybridized carbons (Fsp3) is 0.478. The van der Waals surface area contributed by atoms with Crippen molar-refractivity contribution < 1.29 is 9.59 Å². The molecule has 2 nitrogen and oxygen atoms in total. The Labute approximate surface area is 151 Å². The summed E-state index contributed by atoms with van der Waals surface area (Å²) in [6.45, 7) is 7.26.